The Morgan fingerprint density at radius 3 is 0.952 bits per heavy atom. The fourth-order valence-corrected chi connectivity index (χ4v) is 5.83. The Balaban J connectivity index is 0.00000161. The molecule has 2 heteroatoms. The summed E-state index contributed by atoms with van der Waals surface area (Å²) < 4.78 is 0. The molecule has 0 aliphatic carbocycles. The van der Waals surface area contributed by atoms with Crippen molar-refractivity contribution in [1.82, 2.24) is 0 Å². The van der Waals surface area contributed by atoms with Crippen molar-refractivity contribution in [3.63, 3.8) is 0 Å². The molecule has 0 N–H and O–H groups in total. The molecule has 21 heavy (non-hydrogen) atoms. The lowest BCUT2D eigenvalue weighted by molar-refractivity contribution is -0.00000390. The van der Waals surface area contributed by atoms with E-state index in [1.54, 1.807) is 0 Å². The second-order valence-corrected chi connectivity index (χ2v) is 8.57. The summed E-state index contributed by atoms with van der Waals surface area (Å²) in [6.07, 6.45) is 0. The Labute approximate surface area is 144 Å². The van der Waals surface area contributed by atoms with Gasteiger partial charge in [0.05, 0.1) is 6.66 Å². The molecule has 0 fully saturated rings. The molecule has 0 aliphatic rings. The molecule has 3 rings (SSSR count). The smallest absolute Gasteiger partial charge is 0.109 e. The second-order valence-electron chi connectivity index (χ2n) is 5.01. The van der Waals surface area contributed by atoms with Crippen LogP contribution in [0.1, 0.15) is 0 Å². The van der Waals surface area contributed by atoms with Crippen molar-refractivity contribution in [2.24, 2.45) is 0 Å². The molecule has 3 aromatic rings. The zero-order valence-electron chi connectivity index (χ0n) is 12.0. The van der Waals surface area contributed by atoms with E-state index in [9.17, 15) is 0 Å². The van der Waals surface area contributed by atoms with Gasteiger partial charge in [-0.1, -0.05) is 54.6 Å². The molecule has 0 saturated heterocycles. The van der Waals surface area contributed by atoms with Crippen LogP contribution in [0.4, 0.5) is 0 Å². The Bertz CT molecular complexity index is 569. The predicted octanol–water partition coefficient (Wildman–Crippen LogP) is 0.614. The molecular formula is C19H18IP. The maximum absolute atomic E-state index is 2.41. The number of hydrogen-bond donors (Lipinski definition) is 0. The first kappa shape index (κ1) is 16.2. The van der Waals surface area contributed by atoms with Crippen molar-refractivity contribution in [2.75, 3.05) is 6.66 Å². The first-order valence-electron chi connectivity index (χ1n) is 6.85. The largest absolute Gasteiger partial charge is 1.00 e. The van der Waals surface area contributed by atoms with Crippen LogP contribution in [-0.4, -0.2) is 6.66 Å². The normalized spacial score (nSPS) is 10.7. The summed E-state index contributed by atoms with van der Waals surface area (Å²) in [5, 5.41) is 4.28. The summed E-state index contributed by atoms with van der Waals surface area (Å²) in [7, 11) is -1.53. The highest BCUT2D eigenvalue weighted by molar-refractivity contribution is 7.95. The standard InChI is InChI=1S/C19H18P.HI/c1-20(17-11-5-2-6-12-17,18-13-7-3-8-14-18)19-15-9-4-10-16-19;/h2-16H,1H3;1H/q+1;/p-1/i1-1;. The number of hydrogen-bond acceptors (Lipinski definition) is 0. The van der Waals surface area contributed by atoms with E-state index in [0.29, 0.717) is 0 Å². The summed E-state index contributed by atoms with van der Waals surface area (Å²) in [4.78, 5) is 0. The quantitative estimate of drug-likeness (QED) is 0.445. The molecule has 0 nitrogen and oxygen atoms in total. The Hall–Kier alpha value is -1.18. The summed E-state index contributed by atoms with van der Waals surface area (Å²) in [5.74, 6) is 0. The third-order valence-corrected chi connectivity index (χ3v) is 7.81. The zero-order valence-corrected chi connectivity index (χ0v) is 15.0. The van der Waals surface area contributed by atoms with Gasteiger partial charge in [-0.15, -0.1) is 0 Å². The summed E-state index contributed by atoms with van der Waals surface area (Å²) in [5.41, 5.74) is 0. The monoisotopic (exact) mass is 403 g/mol. The van der Waals surface area contributed by atoms with Crippen LogP contribution in [0.25, 0.3) is 0 Å². The molecule has 0 bridgehead atoms. The Kier molecular flexibility index (Phi) is 5.55. The Morgan fingerprint density at radius 2 is 0.714 bits per heavy atom. The summed E-state index contributed by atoms with van der Waals surface area (Å²) in [6.45, 7) is 2.41. The fourth-order valence-electron chi connectivity index (χ4n) is 2.63. The van der Waals surface area contributed by atoms with Crippen LogP contribution >= 0.6 is 7.26 Å². The molecule has 0 heterocycles. The maximum Gasteiger partial charge on any atom is 0.109 e. The van der Waals surface area contributed by atoms with E-state index in [1.165, 1.54) is 15.9 Å². The van der Waals surface area contributed by atoms with Gasteiger partial charge < -0.3 is 24.0 Å². The van der Waals surface area contributed by atoms with Crippen LogP contribution in [0.5, 0.6) is 0 Å². The molecule has 0 aliphatic heterocycles. The number of benzene rings is 3. The van der Waals surface area contributed by atoms with Gasteiger partial charge in [0.1, 0.15) is 23.2 Å². The zero-order chi connectivity index (χ0) is 13.8. The third kappa shape index (κ3) is 3.20. The maximum atomic E-state index is 2.41. The highest BCUT2D eigenvalue weighted by Crippen LogP contribution is 2.51. The average molecular weight is 403 g/mol. The van der Waals surface area contributed by atoms with Crippen LogP contribution in [-0.2, 0) is 0 Å². The van der Waals surface area contributed by atoms with Gasteiger partial charge in [-0.3, -0.25) is 0 Å². The van der Waals surface area contributed by atoms with Gasteiger partial charge in [0, 0.05) is 0 Å². The van der Waals surface area contributed by atoms with E-state index in [0.717, 1.165) is 0 Å². The van der Waals surface area contributed by atoms with Crippen molar-refractivity contribution in [1.29, 1.82) is 0 Å². The van der Waals surface area contributed by atoms with Gasteiger partial charge in [-0.2, -0.15) is 0 Å². The minimum atomic E-state index is -1.53. The van der Waals surface area contributed by atoms with Crippen molar-refractivity contribution >= 4 is 23.2 Å². The Morgan fingerprint density at radius 1 is 0.476 bits per heavy atom. The number of halogens is 1. The molecule has 0 saturated carbocycles. The summed E-state index contributed by atoms with van der Waals surface area (Å²) >= 11 is 0. The first-order valence-corrected chi connectivity index (χ1v) is 9.09. The number of rotatable bonds is 3. The van der Waals surface area contributed by atoms with Gasteiger partial charge in [-0.05, 0) is 36.4 Å². The van der Waals surface area contributed by atoms with Gasteiger partial charge in [-0.25, -0.2) is 0 Å². The van der Waals surface area contributed by atoms with Crippen LogP contribution < -0.4 is 39.9 Å². The SMILES string of the molecule is [11CH3][P+](c1ccccc1)(c1ccccc1)c1ccccc1.[I-]. The lowest BCUT2D eigenvalue weighted by Crippen LogP contribution is -3.00. The van der Waals surface area contributed by atoms with E-state index in [4.69, 9.17) is 0 Å². The van der Waals surface area contributed by atoms with E-state index < -0.39 is 7.26 Å². The third-order valence-electron chi connectivity index (χ3n) is 3.82. The second kappa shape index (κ2) is 7.20. The molecule has 106 valence electrons. The lowest BCUT2D eigenvalue weighted by Gasteiger charge is -2.22. The molecule has 3 aromatic carbocycles. The average Bonchev–Trinajstić information content (AvgIpc) is 2.56. The van der Waals surface area contributed by atoms with Crippen molar-refractivity contribution in [2.45, 2.75) is 0 Å². The minimum absolute atomic E-state index is 0. The van der Waals surface area contributed by atoms with Crippen molar-refractivity contribution < 1.29 is 24.0 Å². The fraction of sp³-hybridized carbons (Fsp3) is 0.0526. The predicted molar refractivity (Wildman–Crippen MR) is 91.1 cm³/mol. The minimum Gasteiger partial charge on any atom is -1.00 e. The molecule has 0 unspecified atom stereocenters. The first-order chi connectivity index (χ1) is 9.82. The van der Waals surface area contributed by atoms with Crippen LogP contribution in [0.15, 0.2) is 91.0 Å². The molecular weight excluding hydrogens is 385 g/mol. The van der Waals surface area contributed by atoms with Crippen molar-refractivity contribution in [3.05, 3.63) is 91.0 Å². The van der Waals surface area contributed by atoms with Crippen LogP contribution in [0.2, 0.25) is 0 Å². The molecule has 0 atom stereocenters. The van der Waals surface area contributed by atoms with E-state index in [-0.39, 0.29) is 24.0 Å². The van der Waals surface area contributed by atoms with Gasteiger partial charge in [0.2, 0.25) is 0 Å². The van der Waals surface area contributed by atoms with Crippen LogP contribution in [0, 0.1) is 0 Å². The van der Waals surface area contributed by atoms with Gasteiger partial charge >= 0.3 is 0 Å². The van der Waals surface area contributed by atoms with E-state index >= 15 is 0 Å². The highest BCUT2D eigenvalue weighted by atomic mass is 127. The molecule has 0 aromatic heterocycles. The van der Waals surface area contributed by atoms with Crippen molar-refractivity contribution in [3.8, 4) is 0 Å². The molecule has 0 radical (unpaired) electrons. The lowest BCUT2D eigenvalue weighted by atomic mass is 10.4. The molecule has 0 amide bonds. The molecule has 0 spiro atoms. The van der Waals surface area contributed by atoms with E-state index in [1.807, 2.05) is 0 Å². The van der Waals surface area contributed by atoms with Crippen LogP contribution in [0.3, 0.4) is 0 Å². The topological polar surface area (TPSA) is 0 Å². The summed E-state index contributed by atoms with van der Waals surface area (Å²) in [6, 6.07) is 32.6. The van der Waals surface area contributed by atoms with Gasteiger partial charge in [0.25, 0.3) is 0 Å². The highest BCUT2D eigenvalue weighted by Gasteiger charge is 2.39. The van der Waals surface area contributed by atoms with Gasteiger partial charge in [0.15, 0.2) is 0 Å². The van der Waals surface area contributed by atoms with E-state index in [2.05, 4.69) is 97.7 Å².